The van der Waals surface area contributed by atoms with Gasteiger partial charge in [0, 0.05) is 31.0 Å². The molecule has 0 unspecified atom stereocenters. The third-order valence-electron chi connectivity index (χ3n) is 5.45. The largest absolute Gasteiger partial charge is 0.497 e. The van der Waals surface area contributed by atoms with Crippen molar-refractivity contribution in [2.45, 2.75) is 37.9 Å². The van der Waals surface area contributed by atoms with Gasteiger partial charge >= 0.3 is 0 Å². The molecule has 1 saturated carbocycles. The average Bonchev–Trinajstić information content (AvgIpc) is 3.23. The zero-order valence-corrected chi connectivity index (χ0v) is 14.1. The number of rotatable bonds is 6. The monoisotopic (exact) mass is 324 g/mol. The van der Waals surface area contributed by atoms with E-state index in [-0.39, 0.29) is 0 Å². The molecule has 0 radical (unpaired) electrons. The lowest BCUT2D eigenvalue weighted by atomic mass is 9.99. The average molecular weight is 324 g/mol. The first-order valence-electron chi connectivity index (χ1n) is 8.75. The van der Waals surface area contributed by atoms with Crippen LogP contribution in [0.1, 0.15) is 24.8 Å². The fourth-order valence-electron chi connectivity index (χ4n) is 4.22. The summed E-state index contributed by atoms with van der Waals surface area (Å²) >= 11 is 0. The number of methoxy groups -OCH3 is 1. The molecule has 2 heterocycles. The van der Waals surface area contributed by atoms with Crippen LogP contribution >= 0.6 is 0 Å². The molecule has 1 aromatic carbocycles. The van der Waals surface area contributed by atoms with Gasteiger partial charge in [0.2, 0.25) is 0 Å². The van der Waals surface area contributed by atoms with Gasteiger partial charge in [0.1, 0.15) is 18.1 Å². The lowest BCUT2D eigenvalue weighted by Crippen LogP contribution is -2.43. The Morgan fingerprint density at radius 2 is 1.96 bits per heavy atom. The highest BCUT2D eigenvalue weighted by atomic mass is 16.5. The lowest BCUT2D eigenvalue weighted by molar-refractivity contribution is 0.0866. The van der Waals surface area contributed by atoms with Crippen molar-refractivity contribution in [2.75, 3.05) is 13.7 Å². The van der Waals surface area contributed by atoms with Gasteiger partial charge in [-0.25, -0.2) is 0 Å². The Bertz CT molecular complexity index is 659. The SMILES string of the molecule is COc1ccc(OC[C@@H]2[C@@H]3CC[C@H](C3)N2Cc2cccnc2)cc1. The van der Waals surface area contributed by atoms with Gasteiger partial charge in [0.05, 0.1) is 7.11 Å². The molecule has 126 valence electrons. The number of likely N-dealkylation sites (tertiary alicyclic amines) is 1. The smallest absolute Gasteiger partial charge is 0.119 e. The fraction of sp³-hybridized carbons (Fsp3) is 0.450. The van der Waals surface area contributed by atoms with Gasteiger partial charge in [-0.15, -0.1) is 0 Å². The summed E-state index contributed by atoms with van der Waals surface area (Å²) in [6.07, 6.45) is 7.79. The van der Waals surface area contributed by atoms with E-state index >= 15 is 0 Å². The minimum atomic E-state index is 0.506. The molecule has 0 spiro atoms. The first-order chi connectivity index (χ1) is 11.8. The molecule has 4 rings (SSSR count). The molecule has 0 N–H and O–H groups in total. The number of nitrogens with zero attached hydrogens (tertiary/aromatic N) is 2. The molecule has 2 fully saturated rings. The Morgan fingerprint density at radius 1 is 1.12 bits per heavy atom. The molecule has 4 heteroatoms. The van der Waals surface area contributed by atoms with E-state index in [0.717, 1.165) is 30.6 Å². The third kappa shape index (κ3) is 3.11. The Labute approximate surface area is 143 Å². The number of hydrogen-bond donors (Lipinski definition) is 0. The molecule has 3 atom stereocenters. The summed E-state index contributed by atoms with van der Waals surface area (Å²) in [5.74, 6) is 2.55. The Kier molecular flexibility index (Phi) is 4.39. The maximum atomic E-state index is 6.10. The molecular weight excluding hydrogens is 300 g/mol. The second-order valence-electron chi connectivity index (χ2n) is 6.81. The number of benzene rings is 1. The second-order valence-corrected chi connectivity index (χ2v) is 6.81. The summed E-state index contributed by atoms with van der Waals surface area (Å²) in [6.45, 7) is 1.74. The quantitative estimate of drug-likeness (QED) is 0.814. The molecule has 0 amide bonds. The lowest BCUT2D eigenvalue weighted by Gasteiger charge is -2.35. The van der Waals surface area contributed by atoms with Crippen LogP contribution in [0.2, 0.25) is 0 Å². The number of hydrogen-bond acceptors (Lipinski definition) is 4. The van der Waals surface area contributed by atoms with Crippen molar-refractivity contribution in [1.82, 2.24) is 9.88 Å². The maximum absolute atomic E-state index is 6.10. The van der Waals surface area contributed by atoms with Crippen LogP contribution in [0.3, 0.4) is 0 Å². The third-order valence-corrected chi connectivity index (χ3v) is 5.45. The number of pyridine rings is 1. The fourth-order valence-corrected chi connectivity index (χ4v) is 4.22. The Hall–Kier alpha value is -2.07. The molecule has 2 aliphatic rings. The van der Waals surface area contributed by atoms with Crippen LogP contribution in [-0.4, -0.2) is 35.7 Å². The molecule has 1 aliphatic heterocycles. The van der Waals surface area contributed by atoms with Crippen molar-refractivity contribution in [2.24, 2.45) is 5.92 Å². The van der Waals surface area contributed by atoms with Crippen molar-refractivity contribution in [3.63, 3.8) is 0 Å². The van der Waals surface area contributed by atoms with E-state index in [4.69, 9.17) is 9.47 Å². The van der Waals surface area contributed by atoms with Gasteiger partial charge < -0.3 is 9.47 Å². The topological polar surface area (TPSA) is 34.6 Å². The van der Waals surface area contributed by atoms with Crippen LogP contribution in [0.4, 0.5) is 0 Å². The van der Waals surface area contributed by atoms with Crippen LogP contribution < -0.4 is 9.47 Å². The minimum absolute atomic E-state index is 0.506. The first kappa shape index (κ1) is 15.5. The minimum Gasteiger partial charge on any atom is -0.497 e. The summed E-state index contributed by atoms with van der Waals surface area (Å²) in [7, 11) is 1.68. The van der Waals surface area contributed by atoms with Gasteiger partial charge in [0.15, 0.2) is 0 Å². The highest BCUT2D eigenvalue weighted by molar-refractivity contribution is 5.31. The van der Waals surface area contributed by atoms with Crippen LogP contribution in [0.5, 0.6) is 11.5 Å². The standard InChI is InChI=1S/C20H24N2O2/c1-23-18-6-8-19(9-7-18)24-14-20-16-4-5-17(11-16)22(20)13-15-3-2-10-21-12-15/h2-3,6-10,12,16-17,20H,4-5,11,13-14H2,1H3/t16-,17-,20-/m1/s1. The summed E-state index contributed by atoms with van der Waals surface area (Å²) in [4.78, 5) is 6.89. The Morgan fingerprint density at radius 3 is 2.71 bits per heavy atom. The zero-order valence-electron chi connectivity index (χ0n) is 14.1. The highest BCUT2D eigenvalue weighted by Crippen LogP contribution is 2.43. The molecule has 1 saturated heterocycles. The van der Waals surface area contributed by atoms with Crippen LogP contribution in [0.15, 0.2) is 48.8 Å². The van der Waals surface area contributed by atoms with Crippen molar-refractivity contribution >= 4 is 0 Å². The van der Waals surface area contributed by atoms with Gasteiger partial charge in [-0.05, 0) is 61.1 Å². The highest BCUT2D eigenvalue weighted by Gasteiger charge is 2.45. The normalized spacial score (nSPS) is 25.8. The predicted octanol–water partition coefficient (Wildman–Crippen LogP) is 3.52. The molecule has 1 aliphatic carbocycles. The van der Waals surface area contributed by atoms with E-state index in [9.17, 15) is 0 Å². The van der Waals surface area contributed by atoms with E-state index in [1.54, 1.807) is 7.11 Å². The Balaban J connectivity index is 1.42. The van der Waals surface area contributed by atoms with E-state index in [0.29, 0.717) is 12.1 Å². The van der Waals surface area contributed by atoms with Gasteiger partial charge in [-0.2, -0.15) is 0 Å². The van der Waals surface area contributed by atoms with Crippen molar-refractivity contribution in [1.29, 1.82) is 0 Å². The van der Waals surface area contributed by atoms with E-state index in [1.807, 2.05) is 42.7 Å². The van der Waals surface area contributed by atoms with Gasteiger partial charge in [-0.3, -0.25) is 9.88 Å². The predicted molar refractivity (Wildman–Crippen MR) is 93.2 cm³/mol. The molecule has 24 heavy (non-hydrogen) atoms. The maximum Gasteiger partial charge on any atom is 0.119 e. The summed E-state index contributed by atoms with van der Waals surface area (Å²) in [5.41, 5.74) is 1.29. The van der Waals surface area contributed by atoms with Crippen LogP contribution in [-0.2, 0) is 6.54 Å². The van der Waals surface area contributed by atoms with Gasteiger partial charge in [0.25, 0.3) is 0 Å². The van der Waals surface area contributed by atoms with Gasteiger partial charge in [-0.1, -0.05) is 6.07 Å². The van der Waals surface area contributed by atoms with Crippen LogP contribution in [0.25, 0.3) is 0 Å². The molecule has 2 aromatic rings. The zero-order chi connectivity index (χ0) is 16.4. The van der Waals surface area contributed by atoms with Crippen molar-refractivity contribution < 1.29 is 9.47 Å². The van der Waals surface area contributed by atoms with E-state index in [1.165, 1.54) is 24.8 Å². The molecule has 2 bridgehead atoms. The first-order valence-corrected chi connectivity index (χ1v) is 8.75. The van der Waals surface area contributed by atoms with Crippen LogP contribution in [0, 0.1) is 5.92 Å². The number of piperidine rings is 1. The number of ether oxygens (including phenoxy) is 2. The number of aromatic nitrogens is 1. The van der Waals surface area contributed by atoms with Crippen molar-refractivity contribution in [3.05, 3.63) is 54.4 Å². The van der Waals surface area contributed by atoms with E-state index in [2.05, 4.69) is 16.0 Å². The van der Waals surface area contributed by atoms with Crippen molar-refractivity contribution in [3.8, 4) is 11.5 Å². The summed E-state index contributed by atoms with van der Waals surface area (Å²) in [6, 6.07) is 13.3. The summed E-state index contributed by atoms with van der Waals surface area (Å²) in [5, 5.41) is 0. The molecular formula is C20H24N2O2. The molecule has 1 aromatic heterocycles. The summed E-state index contributed by atoms with van der Waals surface area (Å²) < 4.78 is 11.3. The second kappa shape index (κ2) is 6.81. The van der Waals surface area contributed by atoms with E-state index < -0.39 is 0 Å². The number of fused-ring (bicyclic) bond motifs is 2. The molecule has 4 nitrogen and oxygen atoms in total.